The standard InChI is InChI=1S/C14H24N2O3/c1-6-10-16(11-7-2)12(17)8-9-15-13(18)19-14(3,4)5/h6-7H,1-2,8-11H2,3-5H3,(H,15,18). The van der Waals surface area contributed by atoms with E-state index in [0.29, 0.717) is 13.1 Å². The molecule has 0 aromatic heterocycles. The summed E-state index contributed by atoms with van der Waals surface area (Å²) >= 11 is 0. The summed E-state index contributed by atoms with van der Waals surface area (Å²) in [6.45, 7) is 13.7. The lowest BCUT2D eigenvalue weighted by molar-refractivity contribution is -0.130. The fourth-order valence-electron chi connectivity index (χ4n) is 1.33. The molecule has 0 radical (unpaired) electrons. The van der Waals surface area contributed by atoms with Crippen LogP contribution in [0.4, 0.5) is 4.79 Å². The number of hydrogen-bond donors (Lipinski definition) is 1. The lowest BCUT2D eigenvalue weighted by Gasteiger charge is -2.21. The van der Waals surface area contributed by atoms with Crippen molar-refractivity contribution in [2.75, 3.05) is 19.6 Å². The Morgan fingerprint density at radius 3 is 2.16 bits per heavy atom. The van der Waals surface area contributed by atoms with E-state index >= 15 is 0 Å². The van der Waals surface area contributed by atoms with Gasteiger partial charge in [-0.2, -0.15) is 0 Å². The number of nitrogens with zero attached hydrogens (tertiary/aromatic N) is 1. The SMILES string of the molecule is C=CCN(CC=C)C(=O)CCNC(=O)OC(C)(C)C. The van der Waals surface area contributed by atoms with Crippen LogP contribution in [0.1, 0.15) is 27.2 Å². The Kier molecular flexibility index (Phi) is 7.56. The molecule has 5 nitrogen and oxygen atoms in total. The maximum atomic E-state index is 11.8. The highest BCUT2D eigenvalue weighted by Gasteiger charge is 2.16. The van der Waals surface area contributed by atoms with Crippen molar-refractivity contribution in [1.82, 2.24) is 10.2 Å². The smallest absolute Gasteiger partial charge is 0.407 e. The highest BCUT2D eigenvalue weighted by Crippen LogP contribution is 2.06. The normalized spacial score (nSPS) is 10.5. The number of carbonyl (C=O) groups excluding carboxylic acids is 2. The van der Waals surface area contributed by atoms with Crippen LogP contribution in [0, 0.1) is 0 Å². The van der Waals surface area contributed by atoms with Gasteiger partial charge in [0, 0.05) is 26.1 Å². The molecular formula is C14H24N2O3. The number of hydrogen-bond acceptors (Lipinski definition) is 3. The zero-order valence-corrected chi connectivity index (χ0v) is 12.1. The van der Waals surface area contributed by atoms with E-state index in [1.54, 1.807) is 37.8 Å². The summed E-state index contributed by atoms with van der Waals surface area (Å²) in [4.78, 5) is 24.8. The summed E-state index contributed by atoms with van der Waals surface area (Å²) in [5, 5.41) is 2.55. The fraction of sp³-hybridized carbons (Fsp3) is 0.571. The molecule has 0 unspecified atom stereocenters. The molecule has 0 saturated carbocycles. The molecule has 0 aromatic rings. The first kappa shape index (κ1) is 17.2. The fourth-order valence-corrected chi connectivity index (χ4v) is 1.33. The van der Waals surface area contributed by atoms with Crippen LogP contribution in [-0.2, 0) is 9.53 Å². The van der Waals surface area contributed by atoms with Crippen molar-refractivity contribution >= 4 is 12.0 Å². The van der Waals surface area contributed by atoms with E-state index < -0.39 is 11.7 Å². The van der Waals surface area contributed by atoms with Crippen LogP contribution in [0.5, 0.6) is 0 Å². The molecule has 0 spiro atoms. The summed E-state index contributed by atoms with van der Waals surface area (Å²) in [6, 6.07) is 0. The van der Waals surface area contributed by atoms with Crippen molar-refractivity contribution < 1.29 is 14.3 Å². The number of rotatable bonds is 7. The lowest BCUT2D eigenvalue weighted by Crippen LogP contribution is -2.37. The predicted molar refractivity (Wildman–Crippen MR) is 75.8 cm³/mol. The maximum absolute atomic E-state index is 11.8. The average molecular weight is 268 g/mol. The molecule has 0 bridgehead atoms. The molecule has 0 fully saturated rings. The molecule has 1 N–H and O–H groups in total. The van der Waals surface area contributed by atoms with E-state index in [9.17, 15) is 9.59 Å². The molecular weight excluding hydrogens is 244 g/mol. The van der Waals surface area contributed by atoms with Gasteiger partial charge in [0.1, 0.15) is 5.60 Å². The topological polar surface area (TPSA) is 58.6 Å². The Morgan fingerprint density at radius 1 is 1.21 bits per heavy atom. The van der Waals surface area contributed by atoms with Gasteiger partial charge in [0.25, 0.3) is 0 Å². The number of nitrogens with one attached hydrogen (secondary N) is 1. The lowest BCUT2D eigenvalue weighted by atomic mass is 10.2. The zero-order valence-electron chi connectivity index (χ0n) is 12.1. The number of amides is 2. The summed E-state index contributed by atoms with van der Waals surface area (Å²) in [5.41, 5.74) is -0.536. The molecule has 0 aliphatic carbocycles. The van der Waals surface area contributed by atoms with Crippen molar-refractivity contribution in [3.05, 3.63) is 25.3 Å². The first-order chi connectivity index (χ1) is 8.80. The van der Waals surface area contributed by atoms with E-state index in [-0.39, 0.29) is 18.9 Å². The Labute approximate surface area is 115 Å². The van der Waals surface area contributed by atoms with Crippen molar-refractivity contribution in [2.45, 2.75) is 32.8 Å². The summed E-state index contributed by atoms with van der Waals surface area (Å²) in [6.07, 6.45) is 3.02. The Hall–Kier alpha value is -1.78. The quantitative estimate of drug-likeness (QED) is 0.719. The van der Waals surface area contributed by atoms with Crippen LogP contribution in [-0.4, -0.2) is 42.1 Å². The monoisotopic (exact) mass is 268 g/mol. The van der Waals surface area contributed by atoms with Crippen LogP contribution in [0.3, 0.4) is 0 Å². The van der Waals surface area contributed by atoms with E-state index in [1.807, 2.05) is 0 Å². The van der Waals surface area contributed by atoms with E-state index in [4.69, 9.17) is 4.74 Å². The van der Waals surface area contributed by atoms with Gasteiger partial charge in [-0.15, -0.1) is 13.2 Å². The highest BCUT2D eigenvalue weighted by molar-refractivity contribution is 5.77. The Balaban J connectivity index is 4.04. The van der Waals surface area contributed by atoms with Gasteiger partial charge in [-0.1, -0.05) is 12.2 Å². The molecule has 0 heterocycles. The van der Waals surface area contributed by atoms with Gasteiger partial charge >= 0.3 is 6.09 Å². The molecule has 0 atom stereocenters. The molecule has 0 aliphatic heterocycles. The molecule has 0 rings (SSSR count). The third-order valence-electron chi connectivity index (χ3n) is 2.06. The highest BCUT2D eigenvalue weighted by atomic mass is 16.6. The Morgan fingerprint density at radius 2 is 1.74 bits per heavy atom. The molecule has 0 aromatic carbocycles. The van der Waals surface area contributed by atoms with E-state index in [0.717, 1.165) is 0 Å². The third-order valence-corrected chi connectivity index (χ3v) is 2.06. The van der Waals surface area contributed by atoms with Gasteiger partial charge in [0.2, 0.25) is 5.91 Å². The second-order valence-electron chi connectivity index (χ2n) is 5.05. The second kappa shape index (κ2) is 8.34. The van der Waals surface area contributed by atoms with Gasteiger partial charge in [0.15, 0.2) is 0 Å². The van der Waals surface area contributed by atoms with Crippen molar-refractivity contribution in [1.29, 1.82) is 0 Å². The zero-order chi connectivity index (χ0) is 14.9. The van der Waals surface area contributed by atoms with Crippen molar-refractivity contribution in [2.24, 2.45) is 0 Å². The van der Waals surface area contributed by atoms with E-state index in [2.05, 4.69) is 18.5 Å². The third kappa shape index (κ3) is 8.88. The summed E-state index contributed by atoms with van der Waals surface area (Å²) in [7, 11) is 0. The van der Waals surface area contributed by atoms with Gasteiger partial charge in [0.05, 0.1) is 0 Å². The van der Waals surface area contributed by atoms with Crippen LogP contribution >= 0.6 is 0 Å². The molecule has 0 aliphatic rings. The summed E-state index contributed by atoms with van der Waals surface area (Å²) in [5.74, 6) is -0.0594. The maximum Gasteiger partial charge on any atom is 0.407 e. The number of alkyl carbamates (subject to hydrolysis) is 1. The molecule has 108 valence electrons. The minimum atomic E-state index is -0.536. The first-order valence-corrected chi connectivity index (χ1v) is 6.26. The van der Waals surface area contributed by atoms with Gasteiger partial charge < -0.3 is 15.0 Å². The number of ether oxygens (including phenoxy) is 1. The number of carbonyl (C=O) groups is 2. The molecule has 2 amide bonds. The van der Waals surface area contributed by atoms with Crippen LogP contribution in [0.25, 0.3) is 0 Å². The van der Waals surface area contributed by atoms with Crippen LogP contribution in [0.2, 0.25) is 0 Å². The molecule has 5 heteroatoms. The van der Waals surface area contributed by atoms with Crippen LogP contribution in [0.15, 0.2) is 25.3 Å². The van der Waals surface area contributed by atoms with Crippen LogP contribution < -0.4 is 5.32 Å². The van der Waals surface area contributed by atoms with E-state index in [1.165, 1.54) is 0 Å². The minimum Gasteiger partial charge on any atom is -0.444 e. The summed E-state index contributed by atoms with van der Waals surface area (Å²) < 4.78 is 5.07. The minimum absolute atomic E-state index is 0.0594. The predicted octanol–water partition coefficient (Wildman–Crippen LogP) is 2.10. The van der Waals surface area contributed by atoms with Gasteiger partial charge in [-0.25, -0.2) is 4.79 Å². The largest absolute Gasteiger partial charge is 0.444 e. The van der Waals surface area contributed by atoms with Crippen molar-refractivity contribution in [3.8, 4) is 0 Å². The average Bonchev–Trinajstić information content (AvgIpc) is 2.26. The molecule has 19 heavy (non-hydrogen) atoms. The molecule has 0 saturated heterocycles. The first-order valence-electron chi connectivity index (χ1n) is 6.26. The van der Waals surface area contributed by atoms with Crippen molar-refractivity contribution in [3.63, 3.8) is 0 Å². The van der Waals surface area contributed by atoms with Gasteiger partial charge in [-0.3, -0.25) is 4.79 Å². The van der Waals surface area contributed by atoms with Gasteiger partial charge in [-0.05, 0) is 20.8 Å². The second-order valence-corrected chi connectivity index (χ2v) is 5.05. The Bertz CT molecular complexity index is 322.